The van der Waals surface area contributed by atoms with Gasteiger partial charge >= 0.3 is 0 Å². The largest absolute Gasteiger partial charge is 0.481 e. The molecule has 0 saturated heterocycles. The predicted molar refractivity (Wildman–Crippen MR) is 117 cm³/mol. The van der Waals surface area contributed by atoms with Crippen LogP contribution >= 0.6 is 11.8 Å². The zero-order chi connectivity index (χ0) is 20.8. The van der Waals surface area contributed by atoms with Crippen molar-refractivity contribution >= 4 is 23.4 Å². The number of nitrogens with zero attached hydrogens (tertiary/aromatic N) is 4. The van der Waals surface area contributed by atoms with Gasteiger partial charge in [0.05, 0.1) is 24.7 Å². The number of methoxy groups -OCH3 is 1. The Morgan fingerprint density at radius 2 is 1.73 bits per heavy atom. The summed E-state index contributed by atoms with van der Waals surface area (Å²) in [4.78, 5) is 16.5. The van der Waals surface area contributed by atoms with Gasteiger partial charge in [-0.1, -0.05) is 60.3 Å². The van der Waals surface area contributed by atoms with Crippen molar-refractivity contribution in [3.63, 3.8) is 0 Å². The minimum atomic E-state index is -0.157. The van der Waals surface area contributed by atoms with Crippen LogP contribution in [0.5, 0.6) is 5.88 Å². The molecule has 0 aliphatic rings. The number of ether oxygens (including phenoxy) is 1. The van der Waals surface area contributed by atoms with Gasteiger partial charge in [0, 0.05) is 17.3 Å². The maximum atomic E-state index is 12.4. The van der Waals surface area contributed by atoms with Gasteiger partial charge in [-0.15, -0.1) is 10.2 Å². The quantitative estimate of drug-likeness (QED) is 0.457. The number of pyridine rings is 1. The Labute approximate surface area is 178 Å². The van der Waals surface area contributed by atoms with E-state index in [1.165, 1.54) is 11.8 Å². The van der Waals surface area contributed by atoms with Crippen molar-refractivity contribution in [1.29, 1.82) is 0 Å². The van der Waals surface area contributed by atoms with Gasteiger partial charge in [0.1, 0.15) is 0 Å². The molecule has 0 atom stereocenters. The summed E-state index contributed by atoms with van der Waals surface area (Å²) in [6, 6.07) is 23.2. The average molecular weight is 417 g/mol. The highest BCUT2D eigenvalue weighted by Crippen LogP contribution is 2.27. The highest BCUT2D eigenvalue weighted by Gasteiger charge is 2.17. The van der Waals surface area contributed by atoms with Crippen LogP contribution < -0.4 is 10.1 Å². The van der Waals surface area contributed by atoms with E-state index in [0.717, 1.165) is 17.1 Å². The van der Waals surface area contributed by atoms with Gasteiger partial charge in [-0.05, 0) is 18.2 Å². The summed E-state index contributed by atoms with van der Waals surface area (Å²) in [7, 11) is 1.55. The van der Waals surface area contributed by atoms with Crippen molar-refractivity contribution in [1.82, 2.24) is 19.7 Å². The van der Waals surface area contributed by atoms with Crippen molar-refractivity contribution in [2.24, 2.45) is 0 Å². The van der Waals surface area contributed by atoms with Crippen molar-refractivity contribution in [2.75, 3.05) is 18.2 Å². The molecule has 1 amide bonds. The number of anilines is 1. The molecular formula is C22H19N5O2S. The van der Waals surface area contributed by atoms with E-state index in [1.807, 2.05) is 65.2 Å². The van der Waals surface area contributed by atoms with Crippen LogP contribution in [0.25, 0.3) is 17.1 Å². The van der Waals surface area contributed by atoms with Crippen molar-refractivity contribution in [2.45, 2.75) is 5.16 Å². The lowest BCUT2D eigenvalue weighted by Gasteiger charge is -2.10. The lowest BCUT2D eigenvalue weighted by Crippen LogP contribution is -2.14. The molecule has 150 valence electrons. The van der Waals surface area contributed by atoms with Crippen LogP contribution in [-0.2, 0) is 4.79 Å². The number of hydrogen-bond donors (Lipinski definition) is 1. The van der Waals surface area contributed by atoms with Crippen molar-refractivity contribution in [3.05, 3.63) is 79.0 Å². The fourth-order valence-corrected chi connectivity index (χ4v) is 3.60. The van der Waals surface area contributed by atoms with Crippen LogP contribution in [0.2, 0.25) is 0 Å². The van der Waals surface area contributed by atoms with E-state index in [0.29, 0.717) is 16.7 Å². The minimum absolute atomic E-state index is 0.157. The lowest BCUT2D eigenvalue weighted by atomic mass is 10.2. The third-order valence-corrected chi connectivity index (χ3v) is 5.17. The third-order valence-electron chi connectivity index (χ3n) is 4.24. The number of benzene rings is 2. The van der Waals surface area contributed by atoms with Crippen LogP contribution in [0.3, 0.4) is 0 Å². The first-order chi connectivity index (χ1) is 14.7. The number of para-hydroxylation sites is 1. The van der Waals surface area contributed by atoms with E-state index in [9.17, 15) is 4.79 Å². The number of carbonyl (C=O) groups is 1. The molecule has 0 fully saturated rings. The molecule has 1 N–H and O–H groups in total. The molecule has 4 rings (SSSR count). The van der Waals surface area contributed by atoms with Gasteiger partial charge < -0.3 is 10.1 Å². The third kappa shape index (κ3) is 4.49. The molecule has 2 aromatic heterocycles. The second-order valence-electron chi connectivity index (χ2n) is 6.27. The summed E-state index contributed by atoms with van der Waals surface area (Å²) in [5, 5.41) is 12.2. The smallest absolute Gasteiger partial charge is 0.234 e. The molecule has 30 heavy (non-hydrogen) atoms. The Kier molecular flexibility index (Phi) is 6.05. The number of rotatable bonds is 7. The van der Waals surface area contributed by atoms with E-state index < -0.39 is 0 Å². The van der Waals surface area contributed by atoms with E-state index in [4.69, 9.17) is 4.74 Å². The topological polar surface area (TPSA) is 81.9 Å². The highest BCUT2D eigenvalue weighted by atomic mass is 32.2. The molecule has 8 heteroatoms. The molecule has 0 radical (unpaired) electrons. The Balaban J connectivity index is 1.54. The van der Waals surface area contributed by atoms with Gasteiger partial charge in [0.15, 0.2) is 11.0 Å². The summed E-state index contributed by atoms with van der Waals surface area (Å²) in [5.74, 6) is 1.25. The molecular weight excluding hydrogens is 398 g/mol. The van der Waals surface area contributed by atoms with Crippen LogP contribution in [0, 0.1) is 0 Å². The van der Waals surface area contributed by atoms with E-state index >= 15 is 0 Å². The van der Waals surface area contributed by atoms with E-state index in [2.05, 4.69) is 20.5 Å². The molecule has 4 aromatic rings. The average Bonchev–Trinajstić information content (AvgIpc) is 3.23. The molecule has 0 spiro atoms. The highest BCUT2D eigenvalue weighted by molar-refractivity contribution is 7.99. The summed E-state index contributed by atoms with van der Waals surface area (Å²) in [6.07, 6.45) is 1.56. The number of aromatic nitrogens is 4. The van der Waals surface area contributed by atoms with Crippen molar-refractivity contribution in [3.8, 4) is 23.0 Å². The Bertz CT molecular complexity index is 1120. The predicted octanol–water partition coefficient (Wildman–Crippen LogP) is 4.07. The summed E-state index contributed by atoms with van der Waals surface area (Å²) < 4.78 is 6.99. The van der Waals surface area contributed by atoms with Crippen LogP contribution in [0.4, 0.5) is 5.69 Å². The zero-order valence-electron chi connectivity index (χ0n) is 16.2. The molecule has 0 aliphatic heterocycles. The van der Waals surface area contributed by atoms with Gasteiger partial charge in [-0.2, -0.15) is 0 Å². The normalized spacial score (nSPS) is 10.6. The standard InChI is InChI=1S/C22H19N5O2S/c1-29-20-13-12-17(14-23-20)24-19(28)15-30-22-26-25-21(16-8-4-2-5-9-16)27(22)18-10-6-3-7-11-18/h2-14H,15H2,1H3,(H,24,28). The van der Waals surface area contributed by atoms with Crippen LogP contribution in [0.15, 0.2) is 84.1 Å². The zero-order valence-corrected chi connectivity index (χ0v) is 17.0. The Morgan fingerprint density at radius 3 is 2.40 bits per heavy atom. The van der Waals surface area contributed by atoms with Gasteiger partial charge in [0.25, 0.3) is 0 Å². The molecule has 0 unspecified atom stereocenters. The fourth-order valence-electron chi connectivity index (χ4n) is 2.85. The molecule has 0 saturated carbocycles. The van der Waals surface area contributed by atoms with Gasteiger partial charge in [0.2, 0.25) is 11.8 Å². The maximum absolute atomic E-state index is 12.4. The number of hydrogen-bond acceptors (Lipinski definition) is 6. The maximum Gasteiger partial charge on any atom is 0.234 e. The fraction of sp³-hybridized carbons (Fsp3) is 0.0909. The Hall–Kier alpha value is -3.65. The number of nitrogens with one attached hydrogen (secondary N) is 1. The number of amides is 1. The summed E-state index contributed by atoms with van der Waals surface area (Å²) >= 11 is 1.32. The first-order valence-corrected chi connectivity index (χ1v) is 10.2. The Morgan fingerprint density at radius 1 is 1.00 bits per heavy atom. The van der Waals surface area contributed by atoms with Crippen LogP contribution in [-0.4, -0.2) is 38.5 Å². The molecule has 0 aliphatic carbocycles. The van der Waals surface area contributed by atoms with Crippen molar-refractivity contribution < 1.29 is 9.53 Å². The summed E-state index contributed by atoms with van der Waals surface area (Å²) in [6.45, 7) is 0. The molecule has 2 heterocycles. The van der Waals surface area contributed by atoms with Gasteiger partial charge in [-0.3, -0.25) is 9.36 Å². The second kappa shape index (κ2) is 9.23. The SMILES string of the molecule is COc1ccc(NC(=O)CSc2nnc(-c3ccccc3)n2-c2ccccc2)cn1. The van der Waals surface area contributed by atoms with Crippen LogP contribution in [0.1, 0.15) is 0 Å². The van der Waals surface area contributed by atoms with E-state index in [-0.39, 0.29) is 11.7 Å². The molecule has 0 bridgehead atoms. The van der Waals surface area contributed by atoms with Gasteiger partial charge in [-0.25, -0.2) is 4.98 Å². The second-order valence-corrected chi connectivity index (χ2v) is 7.21. The summed E-state index contributed by atoms with van der Waals surface area (Å²) in [5.41, 5.74) is 2.49. The first-order valence-electron chi connectivity index (χ1n) is 9.23. The number of carbonyl (C=O) groups excluding carboxylic acids is 1. The van der Waals surface area contributed by atoms with E-state index in [1.54, 1.807) is 25.4 Å². The minimum Gasteiger partial charge on any atom is -0.481 e. The lowest BCUT2D eigenvalue weighted by molar-refractivity contribution is -0.113. The monoisotopic (exact) mass is 417 g/mol. The number of thioether (sulfide) groups is 1. The molecule has 7 nitrogen and oxygen atoms in total. The first kappa shape index (κ1) is 19.7. The molecule has 2 aromatic carbocycles.